The quantitative estimate of drug-likeness (QED) is 0.329. The summed E-state index contributed by atoms with van der Waals surface area (Å²) in [5, 5.41) is 20.6. The first-order valence-electron chi connectivity index (χ1n) is 7.29. The van der Waals surface area contributed by atoms with E-state index in [1.54, 1.807) is 53.1 Å². The highest BCUT2D eigenvalue weighted by Gasteiger charge is 2.26. The number of nitrogens with zero attached hydrogens (tertiary/aromatic N) is 2. The molecule has 0 saturated carbocycles. The number of nitrogens with one attached hydrogen (secondary N) is 1. The fourth-order valence-electron chi connectivity index (χ4n) is 2.08. The van der Waals surface area contributed by atoms with E-state index in [1.807, 2.05) is 6.07 Å². The summed E-state index contributed by atoms with van der Waals surface area (Å²) >= 11 is 7.24. The van der Waals surface area contributed by atoms with Gasteiger partial charge in [-0.3, -0.25) is 20.1 Å². The first-order chi connectivity index (χ1) is 11.9. The van der Waals surface area contributed by atoms with E-state index in [-0.39, 0.29) is 12.2 Å². The molecule has 0 heterocycles. The van der Waals surface area contributed by atoms with E-state index in [2.05, 4.69) is 0 Å². The Kier molecular flexibility index (Phi) is 6.77. The summed E-state index contributed by atoms with van der Waals surface area (Å²) in [5.41, 5.74) is 2.30. The monoisotopic (exact) mass is 381 g/mol. The van der Waals surface area contributed by atoms with Gasteiger partial charge in [0.2, 0.25) is 0 Å². The molecule has 9 heteroatoms. The molecule has 0 spiro atoms. The SMILES string of the molecule is CC(C(=O)NO)N(Cc1ccccc1Cl)Sc1ccccc1[N+](=O)[O-]. The highest BCUT2D eigenvalue weighted by Crippen LogP contribution is 2.34. The predicted octanol–water partition coefficient (Wildman–Crippen LogP) is 3.65. The lowest BCUT2D eigenvalue weighted by molar-refractivity contribution is -0.387. The van der Waals surface area contributed by atoms with Gasteiger partial charge in [-0.05, 0) is 36.6 Å². The van der Waals surface area contributed by atoms with Gasteiger partial charge in [-0.25, -0.2) is 9.79 Å². The number of nitro groups is 1. The molecule has 0 aliphatic carbocycles. The van der Waals surface area contributed by atoms with Crippen LogP contribution in [0.2, 0.25) is 5.02 Å². The van der Waals surface area contributed by atoms with Gasteiger partial charge >= 0.3 is 0 Å². The summed E-state index contributed by atoms with van der Waals surface area (Å²) in [6.07, 6.45) is 0. The largest absolute Gasteiger partial charge is 0.289 e. The lowest BCUT2D eigenvalue weighted by Gasteiger charge is -2.26. The predicted molar refractivity (Wildman–Crippen MR) is 95.3 cm³/mol. The van der Waals surface area contributed by atoms with Crippen LogP contribution in [0.1, 0.15) is 12.5 Å². The molecular formula is C16H16ClN3O4S. The van der Waals surface area contributed by atoms with Crippen LogP contribution in [0.15, 0.2) is 53.4 Å². The Balaban J connectivity index is 2.34. The number of nitro benzene ring substituents is 1. The van der Waals surface area contributed by atoms with Gasteiger partial charge in [0.15, 0.2) is 0 Å². The van der Waals surface area contributed by atoms with Crippen molar-refractivity contribution in [2.24, 2.45) is 0 Å². The zero-order valence-electron chi connectivity index (χ0n) is 13.3. The van der Waals surface area contributed by atoms with Crippen LogP contribution >= 0.6 is 23.5 Å². The summed E-state index contributed by atoms with van der Waals surface area (Å²) in [6.45, 7) is 1.84. The lowest BCUT2D eigenvalue weighted by atomic mass is 10.2. The van der Waals surface area contributed by atoms with Crippen LogP contribution < -0.4 is 5.48 Å². The molecule has 0 aliphatic heterocycles. The van der Waals surface area contributed by atoms with Crippen molar-refractivity contribution in [3.05, 3.63) is 69.2 Å². The van der Waals surface area contributed by atoms with Crippen LogP contribution in [0.3, 0.4) is 0 Å². The average molecular weight is 382 g/mol. The van der Waals surface area contributed by atoms with E-state index in [1.165, 1.54) is 6.07 Å². The summed E-state index contributed by atoms with van der Waals surface area (Å²) in [5.74, 6) is -0.627. The number of carbonyl (C=O) groups excluding carboxylic acids is 1. The van der Waals surface area contributed by atoms with Crippen molar-refractivity contribution >= 4 is 35.1 Å². The van der Waals surface area contributed by atoms with Crippen molar-refractivity contribution in [3.63, 3.8) is 0 Å². The first kappa shape index (κ1) is 19.2. The Bertz CT molecular complexity index is 775. The van der Waals surface area contributed by atoms with Gasteiger partial charge in [-0.2, -0.15) is 0 Å². The van der Waals surface area contributed by atoms with Gasteiger partial charge in [-0.15, -0.1) is 0 Å². The summed E-state index contributed by atoms with van der Waals surface area (Å²) in [4.78, 5) is 23.0. The minimum absolute atomic E-state index is 0.0618. The van der Waals surface area contributed by atoms with Crippen molar-refractivity contribution in [3.8, 4) is 0 Å². The van der Waals surface area contributed by atoms with E-state index in [0.717, 1.165) is 17.5 Å². The molecule has 2 aromatic rings. The Morgan fingerprint density at radius 1 is 1.32 bits per heavy atom. The molecule has 132 valence electrons. The van der Waals surface area contributed by atoms with E-state index in [4.69, 9.17) is 16.8 Å². The van der Waals surface area contributed by atoms with E-state index >= 15 is 0 Å². The molecule has 1 amide bonds. The number of hydroxylamine groups is 1. The van der Waals surface area contributed by atoms with Gasteiger partial charge in [0.25, 0.3) is 11.6 Å². The van der Waals surface area contributed by atoms with Crippen molar-refractivity contribution < 1.29 is 14.9 Å². The highest BCUT2D eigenvalue weighted by atomic mass is 35.5. The number of hydrogen-bond acceptors (Lipinski definition) is 6. The normalized spacial score (nSPS) is 12.0. The van der Waals surface area contributed by atoms with Crippen LogP contribution in [-0.4, -0.2) is 26.4 Å². The molecule has 2 aromatic carbocycles. The van der Waals surface area contributed by atoms with Crippen molar-refractivity contribution in [1.82, 2.24) is 9.79 Å². The number of para-hydroxylation sites is 1. The molecule has 0 saturated heterocycles. The first-order valence-corrected chi connectivity index (χ1v) is 8.44. The molecule has 0 aromatic heterocycles. The Morgan fingerprint density at radius 2 is 1.96 bits per heavy atom. The zero-order chi connectivity index (χ0) is 18.4. The Hall–Kier alpha value is -2.13. The number of halogens is 1. The number of benzene rings is 2. The third-order valence-electron chi connectivity index (χ3n) is 3.48. The summed E-state index contributed by atoms with van der Waals surface area (Å²) < 4.78 is 1.62. The molecule has 0 aliphatic rings. The van der Waals surface area contributed by atoms with Gasteiger partial charge in [0.1, 0.15) is 4.90 Å². The standard InChI is InChI=1S/C16H16ClN3O4S/c1-11(16(21)18-22)19(10-12-6-2-3-7-13(12)17)25-15-9-5-4-8-14(15)20(23)24/h2-9,11,22H,10H2,1H3,(H,18,21). The van der Waals surface area contributed by atoms with Crippen LogP contribution in [-0.2, 0) is 11.3 Å². The van der Waals surface area contributed by atoms with Crippen LogP contribution in [0, 0.1) is 10.1 Å². The number of rotatable bonds is 7. The van der Waals surface area contributed by atoms with E-state index in [0.29, 0.717) is 9.92 Å². The van der Waals surface area contributed by atoms with Crippen LogP contribution in [0.4, 0.5) is 5.69 Å². The molecule has 0 radical (unpaired) electrons. The average Bonchev–Trinajstić information content (AvgIpc) is 2.61. The second-order valence-corrected chi connectivity index (χ2v) is 6.63. The summed E-state index contributed by atoms with van der Waals surface area (Å²) in [7, 11) is 0. The third kappa shape index (κ3) is 4.93. The van der Waals surface area contributed by atoms with E-state index < -0.39 is 16.9 Å². The molecule has 7 nitrogen and oxygen atoms in total. The molecule has 0 fully saturated rings. The Morgan fingerprint density at radius 3 is 2.60 bits per heavy atom. The maximum absolute atomic E-state index is 11.9. The van der Waals surface area contributed by atoms with Crippen LogP contribution in [0.25, 0.3) is 0 Å². The topological polar surface area (TPSA) is 95.7 Å². The van der Waals surface area contributed by atoms with Crippen LogP contribution in [0.5, 0.6) is 0 Å². The minimum atomic E-state index is -0.758. The molecule has 0 bridgehead atoms. The van der Waals surface area contributed by atoms with Gasteiger partial charge < -0.3 is 0 Å². The fourth-order valence-corrected chi connectivity index (χ4v) is 3.36. The Labute approximate surface area is 153 Å². The smallest absolute Gasteiger partial charge is 0.284 e. The van der Waals surface area contributed by atoms with Crippen molar-refractivity contribution in [2.75, 3.05) is 0 Å². The molecule has 1 atom stereocenters. The molecular weight excluding hydrogens is 366 g/mol. The van der Waals surface area contributed by atoms with Crippen molar-refractivity contribution in [2.45, 2.75) is 24.4 Å². The van der Waals surface area contributed by atoms with E-state index in [9.17, 15) is 14.9 Å². The maximum atomic E-state index is 11.9. The van der Waals surface area contributed by atoms with Crippen molar-refractivity contribution in [1.29, 1.82) is 0 Å². The third-order valence-corrected chi connectivity index (χ3v) is 5.07. The van der Waals surface area contributed by atoms with Gasteiger partial charge in [0.05, 0.1) is 11.0 Å². The molecule has 1 unspecified atom stereocenters. The lowest BCUT2D eigenvalue weighted by Crippen LogP contribution is -2.40. The summed E-state index contributed by atoms with van der Waals surface area (Å²) in [6, 6.07) is 12.6. The molecule has 2 N–H and O–H groups in total. The maximum Gasteiger partial charge on any atom is 0.284 e. The second kappa shape index (κ2) is 8.82. The minimum Gasteiger partial charge on any atom is -0.289 e. The molecule has 2 rings (SSSR count). The number of carbonyl (C=O) groups is 1. The van der Waals surface area contributed by atoms with Gasteiger partial charge in [0, 0.05) is 17.6 Å². The fraction of sp³-hybridized carbons (Fsp3) is 0.188. The molecule has 25 heavy (non-hydrogen) atoms. The zero-order valence-corrected chi connectivity index (χ0v) is 14.8. The highest BCUT2D eigenvalue weighted by molar-refractivity contribution is 7.97. The number of hydrogen-bond donors (Lipinski definition) is 2. The number of amides is 1. The second-order valence-electron chi connectivity index (χ2n) is 5.13. The van der Waals surface area contributed by atoms with Gasteiger partial charge in [-0.1, -0.05) is 41.9 Å².